The highest BCUT2D eigenvalue weighted by atomic mass is 35.5. The molecule has 3 fully saturated rings. The van der Waals surface area contributed by atoms with Crippen LogP contribution in [0.25, 0.3) is 10.9 Å². The normalized spacial score (nSPS) is 25.5. The van der Waals surface area contributed by atoms with Crippen LogP contribution in [0, 0.1) is 17.2 Å². The van der Waals surface area contributed by atoms with E-state index in [-0.39, 0.29) is 17.1 Å². The van der Waals surface area contributed by atoms with Crippen LogP contribution >= 0.6 is 11.6 Å². The topological polar surface area (TPSA) is 34.0 Å². The van der Waals surface area contributed by atoms with Crippen molar-refractivity contribution in [3.05, 3.63) is 34.7 Å². The number of rotatable bonds is 4. The molecule has 25 heavy (non-hydrogen) atoms. The van der Waals surface area contributed by atoms with Gasteiger partial charge >= 0.3 is 0 Å². The number of amides is 1. The van der Waals surface area contributed by atoms with Crippen LogP contribution < -0.4 is 5.32 Å². The van der Waals surface area contributed by atoms with Crippen LogP contribution in [0.5, 0.6) is 0 Å². The van der Waals surface area contributed by atoms with Gasteiger partial charge < -0.3 is 9.88 Å². The third-order valence-corrected chi connectivity index (χ3v) is 6.65. The zero-order chi connectivity index (χ0) is 17.6. The second kappa shape index (κ2) is 6.31. The minimum atomic E-state index is -0.380. The first-order valence-corrected chi connectivity index (χ1v) is 9.65. The van der Waals surface area contributed by atoms with Crippen LogP contribution in [-0.4, -0.2) is 17.0 Å². The molecular weight excluding hydrogens is 339 g/mol. The maximum atomic E-state index is 13.7. The van der Waals surface area contributed by atoms with Gasteiger partial charge in [0.2, 0.25) is 0 Å². The molecule has 1 heterocycles. The highest BCUT2D eigenvalue weighted by Crippen LogP contribution is 2.49. The molecule has 1 aromatic heterocycles. The molecule has 0 unspecified atom stereocenters. The van der Waals surface area contributed by atoms with E-state index in [1.165, 1.54) is 50.7 Å². The van der Waals surface area contributed by atoms with Gasteiger partial charge in [0.15, 0.2) is 0 Å². The lowest BCUT2D eigenvalue weighted by atomic mass is 9.61. The monoisotopic (exact) mass is 362 g/mol. The number of hydrogen-bond donors (Lipinski definition) is 1. The summed E-state index contributed by atoms with van der Waals surface area (Å²) in [5, 5.41) is 4.09. The van der Waals surface area contributed by atoms with Crippen LogP contribution in [0.1, 0.15) is 55.8 Å². The van der Waals surface area contributed by atoms with Crippen molar-refractivity contribution in [2.75, 3.05) is 6.54 Å². The van der Waals surface area contributed by atoms with Gasteiger partial charge in [0.1, 0.15) is 5.82 Å². The molecule has 3 aliphatic rings. The molecule has 1 aromatic carbocycles. The quantitative estimate of drug-likeness (QED) is 0.801. The van der Waals surface area contributed by atoms with E-state index in [1.54, 1.807) is 6.20 Å². The number of carbonyl (C=O) groups is 1. The van der Waals surface area contributed by atoms with E-state index in [0.29, 0.717) is 28.0 Å². The van der Waals surface area contributed by atoms with Crippen LogP contribution in [0.4, 0.5) is 4.39 Å². The summed E-state index contributed by atoms with van der Waals surface area (Å²) in [6.07, 6.45) is 9.37. The Morgan fingerprint density at radius 2 is 2.00 bits per heavy atom. The molecule has 0 saturated heterocycles. The summed E-state index contributed by atoms with van der Waals surface area (Å²) in [6, 6.07) is 2.73. The molecule has 2 aromatic rings. The first-order chi connectivity index (χ1) is 12.0. The molecular formula is C20H24ClFN2O. The largest absolute Gasteiger partial charge is 0.351 e. The minimum absolute atomic E-state index is 0.104. The van der Waals surface area contributed by atoms with Crippen molar-refractivity contribution in [1.29, 1.82) is 0 Å². The number of nitrogens with one attached hydrogen (secondary N) is 1. The Balaban J connectivity index is 1.60. The van der Waals surface area contributed by atoms with Gasteiger partial charge in [0.05, 0.1) is 16.1 Å². The predicted molar refractivity (Wildman–Crippen MR) is 98.5 cm³/mol. The average molecular weight is 363 g/mol. The Labute approximate surface area is 152 Å². The molecule has 0 radical (unpaired) electrons. The molecule has 1 N–H and O–H groups in total. The van der Waals surface area contributed by atoms with Gasteiger partial charge in [-0.1, -0.05) is 11.6 Å². The number of halogens is 2. The van der Waals surface area contributed by atoms with Gasteiger partial charge in [-0.05, 0) is 68.9 Å². The number of nitrogens with zero attached hydrogens (tertiary/aromatic N) is 1. The fourth-order valence-corrected chi connectivity index (χ4v) is 5.05. The van der Waals surface area contributed by atoms with Gasteiger partial charge in [0, 0.05) is 24.7 Å². The first-order valence-electron chi connectivity index (χ1n) is 9.27. The molecule has 2 bridgehead atoms. The highest BCUT2D eigenvalue weighted by molar-refractivity contribution is 6.36. The van der Waals surface area contributed by atoms with E-state index in [1.807, 2.05) is 11.5 Å². The fraction of sp³-hybridized carbons (Fsp3) is 0.550. The second-order valence-electron chi connectivity index (χ2n) is 7.78. The maximum Gasteiger partial charge on any atom is 0.253 e. The average Bonchev–Trinajstić information content (AvgIpc) is 3.00. The minimum Gasteiger partial charge on any atom is -0.351 e. The number of fused-ring (bicyclic) bond motifs is 4. The lowest BCUT2D eigenvalue weighted by Crippen LogP contribution is -2.43. The third kappa shape index (κ3) is 2.95. The number of aryl methyl sites for hydroxylation is 1. The SMILES string of the molecule is CCn1cc(C(=O)NCC23CCC(CC2)CC3)c2c(Cl)cc(F)cc21. The Kier molecular flexibility index (Phi) is 4.27. The lowest BCUT2D eigenvalue weighted by molar-refractivity contribution is 0.0598. The molecule has 3 nitrogen and oxygen atoms in total. The van der Waals surface area contributed by atoms with Gasteiger partial charge in [-0.25, -0.2) is 4.39 Å². The summed E-state index contributed by atoms with van der Waals surface area (Å²) in [5.41, 5.74) is 1.50. The van der Waals surface area contributed by atoms with Crippen molar-refractivity contribution < 1.29 is 9.18 Å². The lowest BCUT2D eigenvalue weighted by Gasteiger charge is -2.46. The van der Waals surface area contributed by atoms with E-state index in [0.717, 1.165) is 12.5 Å². The van der Waals surface area contributed by atoms with Crippen molar-refractivity contribution >= 4 is 28.4 Å². The van der Waals surface area contributed by atoms with Crippen molar-refractivity contribution in [3.63, 3.8) is 0 Å². The Morgan fingerprint density at radius 1 is 1.32 bits per heavy atom. The van der Waals surface area contributed by atoms with Crippen LogP contribution in [0.2, 0.25) is 5.02 Å². The molecule has 0 spiro atoms. The maximum absolute atomic E-state index is 13.7. The number of benzene rings is 1. The van der Waals surface area contributed by atoms with E-state index >= 15 is 0 Å². The van der Waals surface area contributed by atoms with Crippen LogP contribution in [0.15, 0.2) is 18.3 Å². The highest BCUT2D eigenvalue weighted by Gasteiger charge is 2.40. The molecule has 1 amide bonds. The Hall–Kier alpha value is -1.55. The smallest absolute Gasteiger partial charge is 0.253 e. The van der Waals surface area contributed by atoms with Gasteiger partial charge in [0.25, 0.3) is 5.91 Å². The van der Waals surface area contributed by atoms with E-state index in [2.05, 4.69) is 5.32 Å². The molecule has 134 valence electrons. The van der Waals surface area contributed by atoms with Crippen molar-refractivity contribution in [3.8, 4) is 0 Å². The summed E-state index contributed by atoms with van der Waals surface area (Å²) in [7, 11) is 0. The zero-order valence-corrected chi connectivity index (χ0v) is 15.3. The number of carbonyl (C=O) groups excluding carboxylic acids is 1. The molecule has 0 atom stereocenters. The summed E-state index contributed by atoms with van der Waals surface area (Å²) < 4.78 is 15.6. The molecule has 3 saturated carbocycles. The molecule has 5 rings (SSSR count). The summed E-state index contributed by atoms with van der Waals surface area (Å²) in [6.45, 7) is 3.37. The van der Waals surface area contributed by atoms with Gasteiger partial charge in [-0.15, -0.1) is 0 Å². The number of aromatic nitrogens is 1. The van der Waals surface area contributed by atoms with Crippen LogP contribution in [-0.2, 0) is 6.54 Å². The molecule has 0 aliphatic heterocycles. The number of hydrogen-bond acceptors (Lipinski definition) is 1. The van der Waals surface area contributed by atoms with Crippen molar-refractivity contribution in [2.45, 2.75) is 52.0 Å². The first kappa shape index (κ1) is 16.9. The van der Waals surface area contributed by atoms with E-state index < -0.39 is 0 Å². The Morgan fingerprint density at radius 3 is 2.64 bits per heavy atom. The predicted octanol–water partition coefficient (Wildman–Crippen LogP) is 5.15. The van der Waals surface area contributed by atoms with E-state index in [4.69, 9.17) is 11.6 Å². The summed E-state index contributed by atoms with van der Waals surface area (Å²) >= 11 is 6.26. The molecule has 3 aliphatic carbocycles. The van der Waals surface area contributed by atoms with Gasteiger partial charge in [-0.2, -0.15) is 0 Å². The molecule has 5 heteroatoms. The second-order valence-corrected chi connectivity index (χ2v) is 8.18. The third-order valence-electron chi connectivity index (χ3n) is 6.36. The summed E-state index contributed by atoms with van der Waals surface area (Å²) in [4.78, 5) is 12.9. The zero-order valence-electron chi connectivity index (χ0n) is 14.6. The van der Waals surface area contributed by atoms with Crippen molar-refractivity contribution in [1.82, 2.24) is 9.88 Å². The standard InChI is InChI=1S/C20H24ClFN2O/c1-2-24-11-15(18-16(21)9-14(22)10-17(18)24)19(25)23-12-20-6-3-13(4-7-20)5-8-20/h9-11,13H,2-8,12H2,1H3,(H,23,25). The fourth-order valence-electron chi connectivity index (χ4n) is 4.74. The van der Waals surface area contributed by atoms with E-state index in [9.17, 15) is 9.18 Å². The summed E-state index contributed by atoms with van der Waals surface area (Å²) in [5.74, 6) is 0.428. The van der Waals surface area contributed by atoms with Crippen molar-refractivity contribution in [2.24, 2.45) is 11.3 Å². The Bertz CT molecular complexity index is 807. The van der Waals surface area contributed by atoms with Gasteiger partial charge in [-0.3, -0.25) is 4.79 Å². The van der Waals surface area contributed by atoms with Crippen LogP contribution in [0.3, 0.4) is 0 Å².